The van der Waals surface area contributed by atoms with Crippen molar-refractivity contribution in [2.24, 2.45) is 0 Å². The lowest BCUT2D eigenvalue weighted by atomic mass is 10.1. The summed E-state index contributed by atoms with van der Waals surface area (Å²) in [5, 5.41) is 0.620. The standard InChI is InChI=1S/C12H9F2NO2S/c1-6-15-10(12(16)17-2)11(18-6)7-3-8(13)5-9(14)4-7/h3-5H,1-2H3. The summed E-state index contributed by atoms with van der Waals surface area (Å²) in [6.07, 6.45) is 0. The summed E-state index contributed by atoms with van der Waals surface area (Å²) in [5.41, 5.74) is 0.350. The van der Waals surface area contributed by atoms with E-state index in [9.17, 15) is 13.6 Å². The Morgan fingerprint density at radius 1 is 1.28 bits per heavy atom. The van der Waals surface area contributed by atoms with Gasteiger partial charge in [0, 0.05) is 6.07 Å². The van der Waals surface area contributed by atoms with Crippen LogP contribution < -0.4 is 0 Å². The first-order valence-corrected chi connectivity index (χ1v) is 5.85. The fourth-order valence-corrected chi connectivity index (χ4v) is 2.44. The third-order valence-electron chi connectivity index (χ3n) is 2.24. The van der Waals surface area contributed by atoms with Crippen LogP contribution in [-0.4, -0.2) is 18.1 Å². The monoisotopic (exact) mass is 269 g/mol. The highest BCUT2D eigenvalue weighted by Gasteiger charge is 2.19. The predicted octanol–water partition coefficient (Wildman–Crippen LogP) is 3.18. The summed E-state index contributed by atoms with van der Waals surface area (Å²) in [7, 11) is 1.23. The van der Waals surface area contributed by atoms with Crippen molar-refractivity contribution in [2.75, 3.05) is 7.11 Å². The molecule has 0 amide bonds. The van der Waals surface area contributed by atoms with Crippen LogP contribution in [0, 0.1) is 18.6 Å². The number of aromatic nitrogens is 1. The molecular formula is C12H9F2NO2S. The maximum atomic E-state index is 13.2. The molecule has 94 valence electrons. The zero-order valence-electron chi connectivity index (χ0n) is 9.66. The first-order valence-electron chi connectivity index (χ1n) is 5.03. The van der Waals surface area contributed by atoms with Crippen molar-refractivity contribution in [3.63, 3.8) is 0 Å². The van der Waals surface area contributed by atoms with Gasteiger partial charge in [0.25, 0.3) is 0 Å². The maximum absolute atomic E-state index is 13.2. The Kier molecular flexibility index (Phi) is 3.38. The third-order valence-corrected chi connectivity index (χ3v) is 3.26. The molecular weight excluding hydrogens is 260 g/mol. The van der Waals surface area contributed by atoms with E-state index in [4.69, 9.17) is 0 Å². The Balaban J connectivity index is 2.59. The second kappa shape index (κ2) is 4.81. The summed E-state index contributed by atoms with van der Waals surface area (Å²) in [6.45, 7) is 1.70. The van der Waals surface area contributed by atoms with Crippen molar-refractivity contribution < 1.29 is 18.3 Å². The molecule has 0 aliphatic rings. The van der Waals surface area contributed by atoms with Crippen LogP contribution in [0.5, 0.6) is 0 Å². The second-order valence-corrected chi connectivity index (χ2v) is 4.76. The highest BCUT2D eigenvalue weighted by molar-refractivity contribution is 7.15. The summed E-state index contributed by atoms with van der Waals surface area (Å²) < 4.78 is 30.9. The van der Waals surface area contributed by atoms with E-state index in [2.05, 4.69) is 9.72 Å². The molecule has 6 heteroatoms. The van der Waals surface area contributed by atoms with Crippen molar-refractivity contribution in [3.8, 4) is 10.4 Å². The Bertz CT molecular complexity index is 590. The van der Waals surface area contributed by atoms with Crippen molar-refractivity contribution in [1.82, 2.24) is 4.98 Å². The van der Waals surface area contributed by atoms with Gasteiger partial charge >= 0.3 is 5.97 Å². The van der Waals surface area contributed by atoms with Gasteiger partial charge in [-0.05, 0) is 24.6 Å². The smallest absolute Gasteiger partial charge is 0.358 e. The van der Waals surface area contributed by atoms with Gasteiger partial charge in [-0.3, -0.25) is 0 Å². The number of carbonyl (C=O) groups is 1. The third kappa shape index (κ3) is 2.38. The van der Waals surface area contributed by atoms with Crippen molar-refractivity contribution in [3.05, 3.63) is 40.5 Å². The molecule has 0 saturated carbocycles. The Labute approximate surface area is 106 Å². The SMILES string of the molecule is COC(=O)c1nc(C)sc1-c1cc(F)cc(F)c1. The number of methoxy groups -OCH3 is 1. The van der Waals surface area contributed by atoms with E-state index in [1.165, 1.54) is 18.4 Å². The molecule has 1 aromatic heterocycles. The molecule has 0 saturated heterocycles. The van der Waals surface area contributed by atoms with Gasteiger partial charge in [-0.2, -0.15) is 0 Å². The lowest BCUT2D eigenvalue weighted by Crippen LogP contribution is -2.03. The molecule has 0 radical (unpaired) electrons. The van der Waals surface area contributed by atoms with Crippen LogP contribution in [0.15, 0.2) is 18.2 Å². The molecule has 0 bridgehead atoms. The van der Waals surface area contributed by atoms with Crippen LogP contribution in [0.4, 0.5) is 8.78 Å². The minimum atomic E-state index is -0.702. The molecule has 0 fully saturated rings. The van der Waals surface area contributed by atoms with Crippen molar-refractivity contribution >= 4 is 17.3 Å². The normalized spacial score (nSPS) is 10.4. The van der Waals surface area contributed by atoms with Gasteiger partial charge in [0.2, 0.25) is 0 Å². The van der Waals surface area contributed by atoms with E-state index in [0.717, 1.165) is 18.2 Å². The predicted molar refractivity (Wildman–Crippen MR) is 63.5 cm³/mol. The number of benzene rings is 1. The molecule has 1 heterocycles. The Morgan fingerprint density at radius 3 is 2.44 bits per heavy atom. The number of aryl methyl sites for hydroxylation is 1. The molecule has 2 rings (SSSR count). The van der Waals surface area contributed by atoms with Gasteiger partial charge < -0.3 is 4.74 Å². The molecule has 0 N–H and O–H groups in total. The van der Waals surface area contributed by atoms with Crippen molar-refractivity contribution in [2.45, 2.75) is 6.92 Å². The Morgan fingerprint density at radius 2 is 1.89 bits per heavy atom. The average molecular weight is 269 g/mol. The average Bonchev–Trinajstić information content (AvgIpc) is 2.69. The summed E-state index contributed by atoms with van der Waals surface area (Å²) in [5.74, 6) is -2.03. The largest absolute Gasteiger partial charge is 0.464 e. The topological polar surface area (TPSA) is 39.2 Å². The molecule has 0 aliphatic heterocycles. The molecule has 1 aromatic carbocycles. The van der Waals surface area contributed by atoms with Gasteiger partial charge in [-0.15, -0.1) is 11.3 Å². The number of halogens is 2. The van der Waals surface area contributed by atoms with Crippen LogP contribution in [0.3, 0.4) is 0 Å². The number of esters is 1. The number of nitrogens with zero attached hydrogens (tertiary/aromatic N) is 1. The number of rotatable bonds is 2. The second-order valence-electron chi connectivity index (χ2n) is 3.56. The van der Waals surface area contributed by atoms with Crippen LogP contribution in [-0.2, 0) is 4.74 Å². The lowest BCUT2D eigenvalue weighted by Gasteiger charge is -2.01. The van der Waals surface area contributed by atoms with Gasteiger partial charge in [0.1, 0.15) is 11.6 Å². The molecule has 18 heavy (non-hydrogen) atoms. The van der Waals surface area contributed by atoms with Crippen LogP contribution in [0.2, 0.25) is 0 Å². The maximum Gasteiger partial charge on any atom is 0.358 e. The zero-order valence-corrected chi connectivity index (χ0v) is 10.5. The van der Waals surface area contributed by atoms with Crippen LogP contribution in [0.1, 0.15) is 15.5 Å². The molecule has 0 spiro atoms. The quantitative estimate of drug-likeness (QED) is 0.786. The van der Waals surface area contributed by atoms with E-state index in [0.29, 0.717) is 9.88 Å². The van der Waals surface area contributed by atoms with Gasteiger partial charge in [0.05, 0.1) is 17.0 Å². The van der Waals surface area contributed by atoms with Gasteiger partial charge in [-0.25, -0.2) is 18.6 Å². The number of thiazole rings is 1. The lowest BCUT2D eigenvalue weighted by molar-refractivity contribution is 0.0595. The fraction of sp³-hybridized carbons (Fsp3) is 0.167. The van der Waals surface area contributed by atoms with E-state index in [1.54, 1.807) is 6.92 Å². The first-order chi connectivity index (χ1) is 8.51. The minimum absolute atomic E-state index is 0.0741. The number of hydrogen-bond donors (Lipinski definition) is 0. The fourth-order valence-electron chi connectivity index (χ4n) is 1.54. The highest BCUT2D eigenvalue weighted by Crippen LogP contribution is 2.31. The van der Waals surface area contributed by atoms with Crippen molar-refractivity contribution in [1.29, 1.82) is 0 Å². The van der Waals surface area contributed by atoms with E-state index in [-0.39, 0.29) is 11.3 Å². The molecule has 3 nitrogen and oxygen atoms in total. The minimum Gasteiger partial charge on any atom is -0.464 e. The van der Waals surface area contributed by atoms with Crippen LogP contribution in [0.25, 0.3) is 10.4 Å². The highest BCUT2D eigenvalue weighted by atomic mass is 32.1. The molecule has 0 unspecified atom stereocenters. The molecule has 2 aromatic rings. The van der Waals surface area contributed by atoms with E-state index < -0.39 is 17.6 Å². The molecule has 0 aliphatic carbocycles. The van der Waals surface area contributed by atoms with Gasteiger partial charge in [0.15, 0.2) is 5.69 Å². The summed E-state index contributed by atoms with van der Waals surface area (Å²) in [4.78, 5) is 15.9. The number of ether oxygens (including phenoxy) is 1. The number of hydrogen-bond acceptors (Lipinski definition) is 4. The molecule has 0 atom stereocenters. The van der Waals surface area contributed by atoms with Gasteiger partial charge in [-0.1, -0.05) is 0 Å². The van der Waals surface area contributed by atoms with E-state index in [1.807, 2.05) is 0 Å². The summed E-state index contributed by atoms with van der Waals surface area (Å²) in [6, 6.07) is 3.08. The summed E-state index contributed by atoms with van der Waals surface area (Å²) >= 11 is 1.18. The number of carbonyl (C=O) groups excluding carboxylic acids is 1. The Hall–Kier alpha value is -1.82. The van der Waals surface area contributed by atoms with E-state index >= 15 is 0 Å². The zero-order chi connectivity index (χ0) is 13.3. The van der Waals surface area contributed by atoms with Crippen LogP contribution >= 0.6 is 11.3 Å². The first kappa shape index (κ1) is 12.6.